The summed E-state index contributed by atoms with van der Waals surface area (Å²) in [5.41, 5.74) is -0.858. The zero-order valence-electron chi connectivity index (χ0n) is 17.3. The molecule has 0 aromatic carbocycles. The van der Waals surface area contributed by atoms with Gasteiger partial charge in [-0.3, -0.25) is 19.3 Å². The Balaban J connectivity index is 1.47. The predicted octanol–water partition coefficient (Wildman–Crippen LogP) is 1.00. The van der Waals surface area contributed by atoms with Crippen molar-refractivity contribution in [3.63, 3.8) is 0 Å². The van der Waals surface area contributed by atoms with E-state index in [2.05, 4.69) is 36.2 Å². The zero-order chi connectivity index (χ0) is 24.0. The maximum atomic E-state index is 14.2. The van der Waals surface area contributed by atoms with Crippen molar-refractivity contribution in [3.8, 4) is 0 Å². The number of amides is 2. The quantitative estimate of drug-likeness (QED) is 0.447. The number of nitrogens with zero attached hydrogens (tertiary/aromatic N) is 7. The second kappa shape index (κ2) is 10.1. The first-order valence-corrected chi connectivity index (χ1v) is 9.62. The number of hydrogen-bond acceptors (Lipinski definition) is 7. The maximum absolute atomic E-state index is 14.2. The van der Waals surface area contributed by atoms with Gasteiger partial charge in [-0.05, 0) is 12.1 Å². The Morgan fingerprint density at radius 2 is 1.76 bits per heavy atom. The van der Waals surface area contributed by atoms with Crippen LogP contribution in [0.2, 0.25) is 0 Å². The van der Waals surface area contributed by atoms with Gasteiger partial charge in [-0.25, -0.2) is 9.07 Å². The smallest absolute Gasteiger partial charge is 0.354 e. The summed E-state index contributed by atoms with van der Waals surface area (Å²) in [6.07, 6.45) is -2.21. The monoisotopic (exact) mass is 469 g/mol. The molecule has 0 aliphatic rings. The highest BCUT2D eigenvalue weighted by Crippen LogP contribution is 2.28. The molecule has 0 aliphatic heterocycles. The number of pyridine rings is 1. The molecule has 3 heterocycles. The van der Waals surface area contributed by atoms with Gasteiger partial charge in [0, 0.05) is 26.2 Å². The van der Waals surface area contributed by atoms with E-state index in [1.165, 1.54) is 28.8 Å². The fraction of sp³-hybridized carbons (Fsp3) is 0.389. The largest absolute Gasteiger partial charge is 0.416 e. The molecule has 0 saturated carbocycles. The van der Waals surface area contributed by atoms with E-state index in [0.717, 1.165) is 18.3 Å². The van der Waals surface area contributed by atoms with E-state index in [1.54, 1.807) is 0 Å². The molecule has 0 saturated heterocycles. The number of nitrogens with one attached hydrogen (secondary N) is 2. The Morgan fingerprint density at radius 1 is 1.09 bits per heavy atom. The van der Waals surface area contributed by atoms with Gasteiger partial charge >= 0.3 is 6.18 Å². The molecule has 0 spiro atoms. The molecule has 0 radical (unpaired) electrons. The van der Waals surface area contributed by atoms with Crippen LogP contribution in [0.25, 0.3) is 0 Å². The molecule has 11 nitrogen and oxygen atoms in total. The Labute approximate surface area is 184 Å². The second-order valence-corrected chi connectivity index (χ2v) is 6.87. The lowest BCUT2D eigenvalue weighted by Gasteiger charge is -2.08. The SMILES string of the molecule is CNC(=O)c1cn(CC(F)CCn2cc(C(=O)NCc3cc(C(F)(F)F)ccn3)nn2)nn1. The molecule has 0 bridgehead atoms. The molecule has 33 heavy (non-hydrogen) atoms. The number of aromatic nitrogens is 7. The summed E-state index contributed by atoms with van der Waals surface area (Å²) in [5, 5.41) is 19.5. The van der Waals surface area contributed by atoms with Gasteiger partial charge in [0.05, 0.1) is 36.7 Å². The minimum absolute atomic E-state index is 0.0216. The number of carbonyl (C=O) groups excluding carboxylic acids is 2. The van der Waals surface area contributed by atoms with Gasteiger partial charge in [-0.15, -0.1) is 10.2 Å². The third kappa shape index (κ3) is 6.54. The van der Waals surface area contributed by atoms with Gasteiger partial charge in [0.2, 0.25) is 0 Å². The highest BCUT2D eigenvalue weighted by atomic mass is 19.4. The van der Waals surface area contributed by atoms with Crippen LogP contribution in [-0.2, 0) is 25.8 Å². The molecule has 15 heteroatoms. The number of aryl methyl sites for hydroxylation is 1. The van der Waals surface area contributed by atoms with Crippen molar-refractivity contribution in [2.45, 2.75) is 38.4 Å². The minimum atomic E-state index is -4.51. The second-order valence-electron chi connectivity index (χ2n) is 6.87. The molecule has 176 valence electrons. The van der Waals surface area contributed by atoms with Gasteiger partial charge < -0.3 is 10.6 Å². The van der Waals surface area contributed by atoms with Crippen LogP contribution in [0.4, 0.5) is 17.6 Å². The van der Waals surface area contributed by atoms with E-state index < -0.39 is 29.7 Å². The first-order chi connectivity index (χ1) is 15.7. The summed E-state index contributed by atoms with van der Waals surface area (Å²) in [7, 11) is 1.44. The standard InChI is InChI=1S/C18H19F4N9O2/c1-23-16(32)14-10-31(29-26-14)8-12(19)3-5-30-9-15(27-28-30)17(33)25-7-13-6-11(2-4-24-13)18(20,21)22/h2,4,6,9-10,12H,3,5,7-8H2,1H3,(H,23,32)(H,25,33). The summed E-state index contributed by atoms with van der Waals surface area (Å²) >= 11 is 0. The van der Waals surface area contributed by atoms with Gasteiger partial charge in [-0.2, -0.15) is 13.2 Å². The fourth-order valence-electron chi connectivity index (χ4n) is 2.71. The molecule has 2 N–H and O–H groups in total. The Morgan fingerprint density at radius 3 is 2.45 bits per heavy atom. The highest BCUT2D eigenvalue weighted by molar-refractivity contribution is 5.92. The predicted molar refractivity (Wildman–Crippen MR) is 103 cm³/mol. The van der Waals surface area contributed by atoms with Gasteiger partial charge in [-0.1, -0.05) is 10.4 Å². The van der Waals surface area contributed by atoms with Crippen LogP contribution in [0.15, 0.2) is 30.7 Å². The van der Waals surface area contributed by atoms with E-state index in [1.807, 2.05) is 0 Å². The number of carbonyl (C=O) groups is 2. The third-order valence-corrected chi connectivity index (χ3v) is 4.40. The molecule has 0 aliphatic carbocycles. The Hall–Kier alpha value is -3.91. The van der Waals surface area contributed by atoms with Crippen molar-refractivity contribution in [1.82, 2.24) is 45.6 Å². The fourth-order valence-corrected chi connectivity index (χ4v) is 2.71. The van der Waals surface area contributed by atoms with Crippen LogP contribution in [0.1, 0.15) is 38.7 Å². The van der Waals surface area contributed by atoms with Gasteiger partial charge in [0.25, 0.3) is 11.8 Å². The van der Waals surface area contributed by atoms with E-state index in [9.17, 15) is 27.2 Å². The van der Waals surface area contributed by atoms with Crippen molar-refractivity contribution < 1.29 is 27.2 Å². The first-order valence-electron chi connectivity index (χ1n) is 9.62. The van der Waals surface area contributed by atoms with Crippen LogP contribution in [0, 0.1) is 0 Å². The minimum Gasteiger partial charge on any atom is -0.354 e. The van der Waals surface area contributed by atoms with Crippen molar-refractivity contribution >= 4 is 11.8 Å². The lowest BCUT2D eigenvalue weighted by atomic mass is 10.2. The summed E-state index contributed by atoms with van der Waals surface area (Å²) in [4.78, 5) is 27.4. The molecule has 3 aromatic rings. The van der Waals surface area contributed by atoms with Gasteiger partial charge in [0.1, 0.15) is 6.17 Å². The van der Waals surface area contributed by atoms with E-state index in [-0.39, 0.29) is 43.1 Å². The number of hydrogen-bond donors (Lipinski definition) is 2. The van der Waals surface area contributed by atoms with Crippen LogP contribution < -0.4 is 10.6 Å². The zero-order valence-corrected chi connectivity index (χ0v) is 17.3. The van der Waals surface area contributed by atoms with Crippen molar-refractivity contribution in [1.29, 1.82) is 0 Å². The van der Waals surface area contributed by atoms with Crippen molar-refractivity contribution in [2.75, 3.05) is 7.05 Å². The molecule has 1 unspecified atom stereocenters. The van der Waals surface area contributed by atoms with Crippen LogP contribution in [0.3, 0.4) is 0 Å². The molecular formula is C18H19F4N9O2. The van der Waals surface area contributed by atoms with Crippen LogP contribution >= 0.6 is 0 Å². The lowest BCUT2D eigenvalue weighted by Crippen LogP contribution is -2.24. The molecule has 2 amide bonds. The van der Waals surface area contributed by atoms with Crippen LogP contribution in [-0.4, -0.2) is 60.0 Å². The lowest BCUT2D eigenvalue weighted by molar-refractivity contribution is -0.137. The highest BCUT2D eigenvalue weighted by Gasteiger charge is 2.30. The average molecular weight is 469 g/mol. The van der Waals surface area contributed by atoms with E-state index in [4.69, 9.17) is 0 Å². The van der Waals surface area contributed by atoms with Gasteiger partial charge in [0.15, 0.2) is 11.4 Å². The number of alkyl halides is 4. The number of halogens is 4. The Bertz CT molecular complexity index is 1110. The first kappa shape index (κ1) is 23.7. The molecular weight excluding hydrogens is 450 g/mol. The number of rotatable bonds is 9. The summed E-state index contributed by atoms with van der Waals surface area (Å²) in [6.45, 7) is -0.262. The maximum Gasteiger partial charge on any atom is 0.416 e. The molecule has 3 aromatic heterocycles. The molecule has 0 fully saturated rings. The topological polar surface area (TPSA) is 133 Å². The van der Waals surface area contributed by atoms with Crippen molar-refractivity contribution in [3.05, 3.63) is 53.4 Å². The summed E-state index contributed by atoms with van der Waals surface area (Å²) in [6, 6.07) is 1.67. The molecule has 3 rings (SSSR count). The van der Waals surface area contributed by atoms with E-state index in [0.29, 0.717) is 0 Å². The van der Waals surface area contributed by atoms with Crippen molar-refractivity contribution in [2.24, 2.45) is 0 Å². The summed E-state index contributed by atoms with van der Waals surface area (Å²) in [5.74, 6) is -1.10. The van der Waals surface area contributed by atoms with Crippen LogP contribution in [0.5, 0.6) is 0 Å². The van der Waals surface area contributed by atoms with E-state index >= 15 is 0 Å². The summed E-state index contributed by atoms with van der Waals surface area (Å²) < 4.78 is 55.0. The molecule has 1 atom stereocenters. The Kier molecular flexibility index (Phi) is 7.30. The average Bonchev–Trinajstić information content (AvgIpc) is 3.45. The normalized spacial score (nSPS) is 12.4. The third-order valence-electron chi connectivity index (χ3n) is 4.40.